The summed E-state index contributed by atoms with van der Waals surface area (Å²) in [6.45, 7) is 17.2. The number of fused-ring (bicyclic) bond motifs is 2. The predicted molar refractivity (Wildman–Crippen MR) is 274 cm³/mol. The van der Waals surface area contributed by atoms with Crippen molar-refractivity contribution in [3.8, 4) is 0 Å². The summed E-state index contributed by atoms with van der Waals surface area (Å²) in [6.07, 6.45) is 52.8. The smallest absolute Gasteiger partial charge is 0.305 e. The van der Waals surface area contributed by atoms with Crippen molar-refractivity contribution in [1.29, 1.82) is 0 Å². The Morgan fingerprint density at radius 3 is 1.26 bits per heavy atom. The van der Waals surface area contributed by atoms with Gasteiger partial charge in [-0.1, -0.05) is 153 Å². The van der Waals surface area contributed by atoms with E-state index in [2.05, 4.69) is 119 Å². The summed E-state index contributed by atoms with van der Waals surface area (Å²) < 4.78 is 18.2. The first-order valence-corrected chi connectivity index (χ1v) is 26.6. The van der Waals surface area contributed by atoms with Crippen LogP contribution in [0.4, 0.5) is 0 Å². The van der Waals surface area contributed by atoms with Crippen LogP contribution < -0.4 is 0 Å². The maximum Gasteiger partial charge on any atom is 0.305 e. The van der Waals surface area contributed by atoms with E-state index in [0.29, 0.717) is 45.0 Å². The third-order valence-corrected chi connectivity index (χ3v) is 13.4. The summed E-state index contributed by atoms with van der Waals surface area (Å²) in [4.78, 5) is 41.5. The molecule has 0 heterocycles. The SMILES string of the molecule is CC/C=C\C/C=C\C/C=C\CCCCCCCC(=O)OCC1(C)CC2CC(C)(COC(=O)CCCN(CC)CC)CC(COC(=O)CCCCCCC/C=C\C/C=C\C/C=C\CC)(C2)C1. The van der Waals surface area contributed by atoms with Gasteiger partial charge in [0.25, 0.3) is 0 Å². The molecule has 7 heteroatoms. The molecule has 0 aromatic heterocycles. The van der Waals surface area contributed by atoms with Gasteiger partial charge in [-0.2, -0.15) is 0 Å². The lowest BCUT2D eigenvalue weighted by Crippen LogP contribution is -2.52. The van der Waals surface area contributed by atoms with E-state index in [9.17, 15) is 14.4 Å². The fourth-order valence-electron chi connectivity index (χ4n) is 10.5. The zero-order valence-corrected chi connectivity index (χ0v) is 42.7. The minimum Gasteiger partial charge on any atom is -0.465 e. The summed E-state index contributed by atoms with van der Waals surface area (Å²) in [7, 11) is 0. The van der Waals surface area contributed by atoms with Gasteiger partial charge in [0.2, 0.25) is 0 Å². The molecule has 0 spiro atoms. The summed E-state index contributed by atoms with van der Waals surface area (Å²) in [6, 6.07) is 0. The van der Waals surface area contributed by atoms with Gasteiger partial charge in [-0.15, -0.1) is 0 Å². The minimum absolute atomic E-state index is 0.100. The number of carbonyl (C=O) groups is 3. The lowest BCUT2D eigenvalue weighted by atomic mass is 9.49. The molecule has 4 unspecified atom stereocenters. The lowest BCUT2D eigenvalue weighted by Gasteiger charge is -2.57. The molecule has 0 aliphatic heterocycles. The molecule has 0 aromatic carbocycles. The van der Waals surface area contributed by atoms with Crippen molar-refractivity contribution in [2.45, 2.75) is 215 Å². The highest BCUT2D eigenvalue weighted by Gasteiger charge is 2.55. The Hall–Kier alpha value is -3.19. The highest BCUT2D eigenvalue weighted by Crippen LogP contribution is 2.60. The predicted octanol–water partition coefficient (Wildman–Crippen LogP) is 15.5. The number of rotatable bonds is 38. The van der Waals surface area contributed by atoms with Crippen LogP contribution in [0.25, 0.3) is 0 Å². The van der Waals surface area contributed by atoms with E-state index in [0.717, 1.165) is 148 Å². The molecule has 0 amide bonds. The number of nitrogens with zero attached hydrogens (tertiary/aromatic N) is 1. The van der Waals surface area contributed by atoms with Crippen molar-refractivity contribution in [2.24, 2.45) is 22.2 Å². The van der Waals surface area contributed by atoms with Crippen LogP contribution in [-0.2, 0) is 28.6 Å². The Bertz CT molecular complexity index is 1450. The largest absolute Gasteiger partial charge is 0.465 e. The van der Waals surface area contributed by atoms with E-state index >= 15 is 0 Å². The Kier molecular flexibility index (Phi) is 32.0. The van der Waals surface area contributed by atoms with Gasteiger partial charge in [0.05, 0.1) is 19.8 Å². The number of ether oxygens (including phenoxy) is 3. The zero-order valence-electron chi connectivity index (χ0n) is 42.7. The Morgan fingerprint density at radius 2 is 0.831 bits per heavy atom. The minimum atomic E-state index is -0.241. The molecule has 0 aromatic rings. The Labute approximate surface area is 399 Å². The number of esters is 3. The Balaban J connectivity index is 1.83. The monoisotopic (exact) mass is 904 g/mol. The summed E-state index contributed by atoms with van der Waals surface area (Å²) in [5, 5.41) is 0. The van der Waals surface area contributed by atoms with Crippen LogP contribution in [0.3, 0.4) is 0 Å². The highest BCUT2D eigenvalue weighted by molar-refractivity contribution is 5.70. The van der Waals surface area contributed by atoms with Gasteiger partial charge in [-0.3, -0.25) is 14.4 Å². The van der Waals surface area contributed by atoms with Crippen LogP contribution >= 0.6 is 0 Å². The first-order valence-electron chi connectivity index (χ1n) is 26.6. The van der Waals surface area contributed by atoms with Crippen molar-refractivity contribution in [3.63, 3.8) is 0 Å². The van der Waals surface area contributed by atoms with Crippen LogP contribution in [0, 0.1) is 22.2 Å². The standard InChI is InChI=1S/C58H97NO6/c1-7-11-13-15-17-19-21-23-25-27-29-31-33-35-37-40-53(60)63-49-56(5)44-52-45-57(6,50-64-55(62)42-39-43-59(9-3)10-4)48-58(46-52,47-56)51-65-54(61)41-38-36-34-32-30-28-26-24-22-20-18-16-14-12-8-2/h11-14,17-20,23-26,52H,7-10,15-16,21-22,27-51H2,1-6H3/b13-11-,14-12-,19-17-,20-18-,25-23-,26-24-. The van der Waals surface area contributed by atoms with E-state index in [1.807, 2.05) is 0 Å². The quantitative estimate of drug-likeness (QED) is 0.0264. The molecular weight excluding hydrogens is 807 g/mol. The normalized spacial score (nSPS) is 22.5. The van der Waals surface area contributed by atoms with Crippen molar-refractivity contribution >= 4 is 17.9 Å². The number of carbonyl (C=O) groups excluding carboxylic acids is 3. The summed E-state index contributed by atoms with van der Waals surface area (Å²) >= 11 is 0. The molecule has 2 saturated carbocycles. The molecule has 2 bridgehead atoms. The fourth-order valence-corrected chi connectivity index (χ4v) is 10.5. The molecule has 65 heavy (non-hydrogen) atoms. The van der Waals surface area contributed by atoms with E-state index in [1.54, 1.807) is 0 Å². The maximum atomic E-state index is 13.2. The van der Waals surface area contributed by atoms with Gasteiger partial charge in [0.1, 0.15) is 0 Å². The zero-order chi connectivity index (χ0) is 47.3. The Morgan fingerprint density at radius 1 is 0.462 bits per heavy atom. The highest BCUT2D eigenvalue weighted by atomic mass is 16.5. The average Bonchev–Trinajstić information content (AvgIpc) is 3.28. The van der Waals surface area contributed by atoms with E-state index in [4.69, 9.17) is 14.2 Å². The van der Waals surface area contributed by atoms with Crippen LogP contribution in [0.5, 0.6) is 0 Å². The van der Waals surface area contributed by atoms with Gasteiger partial charge in [-0.25, -0.2) is 0 Å². The molecule has 4 atom stereocenters. The van der Waals surface area contributed by atoms with Crippen LogP contribution in [-0.4, -0.2) is 62.3 Å². The van der Waals surface area contributed by atoms with Crippen molar-refractivity contribution in [3.05, 3.63) is 72.9 Å². The summed E-state index contributed by atoms with van der Waals surface area (Å²) in [5.74, 6) is 0.0453. The van der Waals surface area contributed by atoms with Gasteiger partial charge in [0, 0.05) is 35.5 Å². The molecule has 0 saturated heterocycles. The van der Waals surface area contributed by atoms with Crippen molar-refractivity contribution in [1.82, 2.24) is 4.90 Å². The topological polar surface area (TPSA) is 82.1 Å². The fraction of sp³-hybridized carbons (Fsp3) is 0.741. The molecule has 0 radical (unpaired) electrons. The molecule has 2 aliphatic carbocycles. The molecule has 2 rings (SSSR count). The number of unbranched alkanes of at least 4 members (excludes halogenated alkanes) is 10. The molecule has 2 aliphatic rings. The summed E-state index contributed by atoms with van der Waals surface area (Å²) in [5.41, 5.74) is -0.631. The lowest BCUT2D eigenvalue weighted by molar-refractivity contribution is -0.168. The van der Waals surface area contributed by atoms with E-state index < -0.39 is 0 Å². The molecule has 0 N–H and O–H groups in total. The molecular formula is C58H97NO6. The first kappa shape index (κ1) is 57.9. The third kappa shape index (κ3) is 28.6. The number of hydrogen-bond acceptors (Lipinski definition) is 7. The number of hydrogen-bond donors (Lipinski definition) is 0. The van der Waals surface area contributed by atoms with Gasteiger partial charge in [-0.05, 0) is 141 Å². The molecule has 370 valence electrons. The van der Waals surface area contributed by atoms with Crippen LogP contribution in [0.1, 0.15) is 215 Å². The van der Waals surface area contributed by atoms with Gasteiger partial charge < -0.3 is 19.1 Å². The van der Waals surface area contributed by atoms with Crippen molar-refractivity contribution < 1.29 is 28.6 Å². The van der Waals surface area contributed by atoms with E-state index in [-0.39, 0.29) is 34.2 Å². The third-order valence-electron chi connectivity index (χ3n) is 13.4. The second-order valence-corrected chi connectivity index (χ2v) is 20.3. The average molecular weight is 904 g/mol. The van der Waals surface area contributed by atoms with Gasteiger partial charge in [0.15, 0.2) is 0 Å². The first-order chi connectivity index (χ1) is 31.5. The molecule has 2 fully saturated rings. The van der Waals surface area contributed by atoms with Crippen molar-refractivity contribution in [2.75, 3.05) is 39.5 Å². The number of allylic oxidation sites excluding steroid dienone is 12. The second kappa shape index (κ2) is 35.9. The molecule has 7 nitrogen and oxygen atoms in total. The van der Waals surface area contributed by atoms with Crippen LogP contribution in [0.15, 0.2) is 72.9 Å². The van der Waals surface area contributed by atoms with Gasteiger partial charge >= 0.3 is 17.9 Å². The second-order valence-electron chi connectivity index (χ2n) is 20.3. The van der Waals surface area contributed by atoms with Crippen LogP contribution in [0.2, 0.25) is 0 Å². The maximum absolute atomic E-state index is 13.2. The van der Waals surface area contributed by atoms with E-state index in [1.165, 1.54) is 25.7 Å².